The highest BCUT2D eigenvalue weighted by Crippen LogP contribution is 2.19. The van der Waals surface area contributed by atoms with Crippen LogP contribution in [0, 0.1) is 5.92 Å². The number of aromatic nitrogens is 1. The van der Waals surface area contributed by atoms with E-state index in [0.717, 1.165) is 36.9 Å². The molecule has 4 nitrogen and oxygen atoms in total. The van der Waals surface area contributed by atoms with E-state index >= 15 is 0 Å². The molecule has 4 heteroatoms. The van der Waals surface area contributed by atoms with Gasteiger partial charge in [0, 0.05) is 49.7 Å². The number of hydrogen-bond acceptors (Lipinski definition) is 4. The van der Waals surface area contributed by atoms with Crippen LogP contribution in [0.25, 0.3) is 0 Å². The van der Waals surface area contributed by atoms with Gasteiger partial charge in [0.15, 0.2) is 0 Å². The maximum Gasteiger partial charge on any atom is 0.124 e. The Kier molecular flexibility index (Phi) is 6.83. The highest BCUT2D eigenvalue weighted by molar-refractivity contribution is 5.33. The second-order valence-corrected chi connectivity index (χ2v) is 6.98. The van der Waals surface area contributed by atoms with Gasteiger partial charge in [0.1, 0.15) is 12.4 Å². The zero-order valence-electron chi connectivity index (χ0n) is 15.2. The molecule has 0 radical (unpaired) electrons. The van der Waals surface area contributed by atoms with Crippen molar-refractivity contribution in [2.24, 2.45) is 5.92 Å². The zero-order valence-corrected chi connectivity index (χ0v) is 15.2. The molecule has 1 unspecified atom stereocenters. The Morgan fingerprint density at radius 3 is 3.00 bits per heavy atom. The fraction of sp³-hybridized carbons (Fsp3) is 0.476. The van der Waals surface area contributed by atoms with Crippen LogP contribution in [0.4, 0.5) is 0 Å². The van der Waals surface area contributed by atoms with Gasteiger partial charge in [-0.1, -0.05) is 31.2 Å². The predicted octanol–water partition coefficient (Wildman–Crippen LogP) is 3.48. The summed E-state index contributed by atoms with van der Waals surface area (Å²) in [6.45, 7) is 8.38. The fourth-order valence-corrected chi connectivity index (χ4v) is 3.39. The normalized spacial score (nSPS) is 18.2. The predicted molar refractivity (Wildman–Crippen MR) is 102 cm³/mol. The number of para-hydroxylation sites is 1. The van der Waals surface area contributed by atoms with Crippen molar-refractivity contribution in [2.45, 2.75) is 32.9 Å². The van der Waals surface area contributed by atoms with Gasteiger partial charge in [0.05, 0.1) is 0 Å². The van der Waals surface area contributed by atoms with E-state index in [1.807, 2.05) is 30.5 Å². The molecule has 0 amide bonds. The number of nitrogens with one attached hydrogen (secondary N) is 1. The number of nitrogens with zero attached hydrogens (tertiary/aromatic N) is 2. The third kappa shape index (κ3) is 5.83. The summed E-state index contributed by atoms with van der Waals surface area (Å²) in [5.74, 6) is 1.79. The van der Waals surface area contributed by atoms with Crippen molar-refractivity contribution in [2.75, 3.05) is 26.2 Å². The van der Waals surface area contributed by atoms with Gasteiger partial charge in [0.2, 0.25) is 0 Å². The largest absolute Gasteiger partial charge is 0.489 e. The molecule has 0 spiro atoms. The molecule has 1 aromatic carbocycles. The molecule has 1 aliphatic rings. The lowest BCUT2D eigenvalue weighted by Gasteiger charge is -2.30. The van der Waals surface area contributed by atoms with Crippen LogP contribution < -0.4 is 10.1 Å². The van der Waals surface area contributed by atoms with E-state index < -0.39 is 0 Å². The summed E-state index contributed by atoms with van der Waals surface area (Å²) >= 11 is 0. The molecule has 2 heterocycles. The molecular formula is C21H29N3O. The van der Waals surface area contributed by atoms with E-state index in [0.29, 0.717) is 6.61 Å². The molecule has 0 bridgehead atoms. The Labute approximate surface area is 151 Å². The average molecular weight is 339 g/mol. The first-order chi connectivity index (χ1) is 12.3. The van der Waals surface area contributed by atoms with E-state index in [4.69, 9.17) is 4.74 Å². The van der Waals surface area contributed by atoms with Crippen molar-refractivity contribution < 1.29 is 4.74 Å². The second kappa shape index (κ2) is 9.54. The molecule has 134 valence electrons. The average Bonchev–Trinajstić information content (AvgIpc) is 2.65. The fourth-order valence-electron chi connectivity index (χ4n) is 3.39. The van der Waals surface area contributed by atoms with E-state index in [1.54, 1.807) is 6.20 Å². The summed E-state index contributed by atoms with van der Waals surface area (Å²) in [6, 6.07) is 12.2. The standard InChI is InChI=1S/C21H29N3O/c1-18-6-5-12-24(16-18)13-11-23-15-20-8-2-3-9-21(20)25-17-19-7-4-10-22-14-19/h2-4,7-10,14,18,23H,5-6,11-13,15-17H2,1H3. The molecule has 2 aromatic rings. The topological polar surface area (TPSA) is 37.4 Å². The molecule has 3 rings (SSSR count). The minimum absolute atomic E-state index is 0.552. The number of rotatable bonds is 8. The molecule has 0 saturated carbocycles. The number of benzene rings is 1. The molecule has 1 N–H and O–H groups in total. The Morgan fingerprint density at radius 2 is 2.16 bits per heavy atom. The maximum atomic E-state index is 5.99. The first-order valence-electron chi connectivity index (χ1n) is 9.34. The molecule has 1 fully saturated rings. The number of ether oxygens (including phenoxy) is 1. The van der Waals surface area contributed by atoms with Crippen LogP contribution in [0.3, 0.4) is 0 Å². The molecule has 25 heavy (non-hydrogen) atoms. The summed E-state index contributed by atoms with van der Waals surface area (Å²) in [5, 5.41) is 3.57. The molecule has 1 atom stereocenters. The summed E-state index contributed by atoms with van der Waals surface area (Å²) < 4.78 is 5.99. The van der Waals surface area contributed by atoms with Crippen LogP contribution in [-0.4, -0.2) is 36.1 Å². The van der Waals surface area contributed by atoms with Gasteiger partial charge in [-0.3, -0.25) is 4.98 Å². The molecule has 0 aliphatic carbocycles. The number of likely N-dealkylation sites (tertiary alicyclic amines) is 1. The van der Waals surface area contributed by atoms with Crippen molar-refractivity contribution in [3.05, 3.63) is 59.9 Å². The van der Waals surface area contributed by atoms with E-state index in [-0.39, 0.29) is 0 Å². The monoisotopic (exact) mass is 339 g/mol. The molecule has 1 aliphatic heterocycles. The van der Waals surface area contributed by atoms with Crippen LogP contribution in [0.5, 0.6) is 5.75 Å². The number of piperidine rings is 1. The van der Waals surface area contributed by atoms with Crippen LogP contribution in [-0.2, 0) is 13.2 Å². The van der Waals surface area contributed by atoms with E-state index in [1.165, 1.54) is 31.5 Å². The van der Waals surface area contributed by atoms with Crippen LogP contribution in [0.15, 0.2) is 48.8 Å². The van der Waals surface area contributed by atoms with Crippen LogP contribution in [0.2, 0.25) is 0 Å². The zero-order chi connectivity index (χ0) is 17.3. The lowest BCUT2D eigenvalue weighted by molar-refractivity contribution is 0.184. The van der Waals surface area contributed by atoms with Crippen LogP contribution >= 0.6 is 0 Å². The molecule has 1 aromatic heterocycles. The summed E-state index contributed by atoms with van der Waals surface area (Å²) in [6.07, 6.45) is 6.35. The highest BCUT2D eigenvalue weighted by atomic mass is 16.5. The first kappa shape index (κ1) is 17.9. The third-order valence-electron chi connectivity index (χ3n) is 4.75. The van der Waals surface area contributed by atoms with Crippen molar-refractivity contribution in [3.8, 4) is 5.75 Å². The lowest BCUT2D eigenvalue weighted by atomic mass is 10.0. The Morgan fingerprint density at radius 1 is 1.24 bits per heavy atom. The maximum absolute atomic E-state index is 5.99. The minimum Gasteiger partial charge on any atom is -0.489 e. The van der Waals surface area contributed by atoms with E-state index in [2.05, 4.69) is 34.3 Å². The van der Waals surface area contributed by atoms with Gasteiger partial charge >= 0.3 is 0 Å². The smallest absolute Gasteiger partial charge is 0.124 e. The van der Waals surface area contributed by atoms with Crippen molar-refractivity contribution in [1.29, 1.82) is 0 Å². The van der Waals surface area contributed by atoms with Crippen molar-refractivity contribution in [1.82, 2.24) is 15.2 Å². The van der Waals surface area contributed by atoms with Gasteiger partial charge in [-0.15, -0.1) is 0 Å². The van der Waals surface area contributed by atoms with Crippen molar-refractivity contribution >= 4 is 0 Å². The van der Waals surface area contributed by atoms with Gasteiger partial charge in [0.25, 0.3) is 0 Å². The molecule has 1 saturated heterocycles. The second-order valence-electron chi connectivity index (χ2n) is 6.98. The van der Waals surface area contributed by atoms with Gasteiger partial charge < -0.3 is 15.0 Å². The molecular weight excluding hydrogens is 310 g/mol. The summed E-state index contributed by atoms with van der Waals surface area (Å²) in [4.78, 5) is 6.71. The minimum atomic E-state index is 0.552. The highest BCUT2D eigenvalue weighted by Gasteiger charge is 2.15. The van der Waals surface area contributed by atoms with Crippen LogP contribution in [0.1, 0.15) is 30.9 Å². The van der Waals surface area contributed by atoms with E-state index in [9.17, 15) is 0 Å². The Bertz CT molecular complexity index is 632. The van der Waals surface area contributed by atoms with Gasteiger partial charge in [-0.25, -0.2) is 0 Å². The SMILES string of the molecule is CC1CCCN(CCNCc2ccccc2OCc2cccnc2)C1. The number of pyridine rings is 1. The quantitative estimate of drug-likeness (QED) is 0.747. The van der Waals surface area contributed by atoms with Gasteiger partial charge in [-0.05, 0) is 37.4 Å². The number of hydrogen-bond donors (Lipinski definition) is 1. The van der Waals surface area contributed by atoms with Crippen molar-refractivity contribution in [3.63, 3.8) is 0 Å². The summed E-state index contributed by atoms with van der Waals surface area (Å²) in [7, 11) is 0. The first-order valence-corrected chi connectivity index (χ1v) is 9.34. The third-order valence-corrected chi connectivity index (χ3v) is 4.75. The lowest BCUT2D eigenvalue weighted by Crippen LogP contribution is -2.38. The summed E-state index contributed by atoms with van der Waals surface area (Å²) in [5.41, 5.74) is 2.29. The Hall–Kier alpha value is -1.91. The van der Waals surface area contributed by atoms with Gasteiger partial charge in [-0.2, -0.15) is 0 Å². The Balaban J connectivity index is 1.44.